The van der Waals surface area contributed by atoms with E-state index in [1.54, 1.807) is 12.4 Å². The number of aromatic nitrogens is 4. The number of aromatic amines is 2. The second-order valence-corrected chi connectivity index (χ2v) is 7.47. The highest BCUT2D eigenvalue weighted by atomic mass is 19.1. The molecule has 0 radical (unpaired) electrons. The summed E-state index contributed by atoms with van der Waals surface area (Å²) in [6.07, 6.45) is 6.59. The summed E-state index contributed by atoms with van der Waals surface area (Å²) in [6.45, 7) is 0.783. The van der Waals surface area contributed by atoms with E-state index in [2.05, 4.69) is 30.2 Å². The molecule has 3 heterocycles. The zero-order valence-corrected chi connectivity index (χ0v) is 15.0. The molecule has 0 unspecified atom stereocenters. The monoisotopic (exact) mass is 368 g/mol. The number of nitrogens with one attached hydrogen (secondary N) is 3. The molecule has 1 aliphatic heterocycles. The number of nitrogens with two attached hydrogens (primary N) is 1. The summed E-state index contributed by atoms with van der Waals surface area (Å²) in [5, 5.41) is 3.52. The molecule has 1 aliphatic carbocycles. The van der Waals surface area contributed by atoms with Gasteiger partial charge in [-0.2, -0.15) is 0 Å². The van der Waals surface area contributed by atoms with Gasteiger partial charge in [0.1, 0.15) is 5.82 Å². The first kappa shape index (κ1) is 16.4. The number of nitrogens with zero attached hydrogens (tertiary/aromatic N) is 3. The van der Waals surface area contributed by atoms with Gasteiger partial charge in [-0.15, -0.1) is 0 Å². The van der Waals surface area contributed by atoms with Crippen molar-refractivity contribution in [2.75, 3.05) is 16.8 Å². The van der Waals surface area contributed by atoms with Crippen molar-refractivity contribution in [3.63, 3.8) is 0 Å². The molecule has 7 nitrogen and oxygen atoms in total. The van der Waals surface area contributed by atoms with Gasteiger partial charge in [0, 0.05) is 12.5 Å². The van der Waals surface area contributed by atoms with E-state index in [0.29, 0.717) is 23.7 Å². The topological polar surface area (TPSA) is 97.0 Å². The molecule has 0 bridgehead atoms. The average Bonchev–Trinajstić information content (AvgIpc) is 3.29. The van der Waals surface area contributed by atoms with E-state index in [9.17, 15) is 4.39 Å². The van der Waals surface area contributed by atoms with Gasteiger partial charge in [-0.3, -0.25) is 10.2 Å². The van der Waals surface area contributed by atoms with Crippen LogP contribution in [-0.4, -0.2) is 33.6 Å². The van der Waals surface area contributed by atoms with Gasteiger partial charge in [-0.05, 0) is 49.4 Å². The number of hydrogen-bond acceptors (Lipinski definition) is 5. The highest BCUT2D eigenvalue weighted by molar-refractivity contribution is 5.85. The Morgan fingerprint density at radius 1 is 1.26 bits per heavy atom. The van der Waals surface area contributed by atoms with Crippen LogP contribution in [0.25, 0.3) is 11.2 Å². The van der Waals surface area contributed by atoms with Gasteiger partial charge in [0.15, 0.2) is 5.52 Å². The van der Waals surface area contributed by atoms with E-state index in [-0.39, 0.29) is 5.82 Å². The SMILES string of the molecule is NC1CCC(Nc2nc3nc[nH]c3c(N3CCc4cc(F)ccc43)[nH+]2)CC1. The number of benzene rings is 1. The van der Waals surface area contributed by atoms with Crippen molar-refractivity contribution >= 4 is 28.6 Å². The zero-order valence-electron chi connectivity index (χ0n) is 15.0. The number of H-pyrrole nitrogens is 2. The van der Waals surface area contributed by atoms with Crippen LogP contribution in [0.3, 0.4) is 0 Å². The number of anilines is 3. The average molecular weight is 368 g/mol. The summed E-state index contributed by atoms with van der Waals surface area (Å²) in [5.74, 6) is 1.41. The lowest BCUT2D eigenvalue weighted by Crippen LogP contribution is -2.35. The van der Waals surface area contributed by atoms with Gasteiger partial charge in [0.05, 0.1) is 24.6 Å². The Labute approximate surface area is 156 Å². The van der Waals surface area contributed by atoms with Crippen molar-refractivity contribution in [2.24, 2.45) is 5.73 Å². The fraction of sp³-hybridized carbons (Fsp3) is 0.421. The lowest BCUT2D eigenvalue weighted by Gasteiger charge is -2.25. The summed E-state index contributed by atoms with van der Waals surface area (Å²) in [5.41, 5.74) is 9.56. The van der Waals surface area contributed by atoms with E-state index in [1.165, 1.54) is 6.07 Å². The quantitative estimate of drug-likeness (QED) is 0.659. The predicted molar refractivity (Wildman–Crippen MR) is 101 cm³/mol. The molecule has 5 N–H and O–H groups in total. The molecule has 2 aromatic heterocycles. The number of halogens is 1. The molecule has 0 saturated heterocycles. The van der Waals surface area contributed by atoms with Crippen LogP contribution in [0, 0.1) is 5.82 Å². The molecule has 140 valence electrons. The van der Waals surface area contributed by atoms with Crippen LogP contribution in [0.4, 0.5) is 21.8 Å². The molecule has 1 aromatic carbocycles. The minimum Gasteiger partial charge on any atom is -0.337 e. The minimum absolute atomic E-state index is 0.196. The highest BCUT2D eigenvalue weighted by Gasteiger charge is 2.30. The largest absolute Gasteiger partial charge is 0.347 e. The molecule has 3 aromatic rings. The first-order chi connectivity index (χ1) is 13.2. The standard InChI is InChI=1S/C19H22FN7/c20-12-1-6-15-11(9-12)7-8-27(15)18-16-17(23-10-22-16)25-19(26-18)24-14-4-2-13(21)3-5-14/h1,6,9-10,13-14H,2-5,7-8,21H2,(H2,22,23,24,25,26)/p+1. The Hall–Kier alpha value is -2.74. The number of imidazole rings is 1. The van der Waals surface area contributed by atoms with Crippen molar-refractivity contribution in [1.82, 2.24) is 15.0 Å². The molecule has 8 heteroatoms. The third-order valence-electron chi connectivity index (χ3n) is 5.63. The number of fused-ring (bicyclic) bond motifs is 2. The van der Waals surface area contributed by atoms with E-state index >= 15 is 0 Å². The predicted octanol–water partition coefficient (Wildman–Crippen LogP) is 2.29. The van der Waals surface area contributed by atoms with E-state index in [0.717, 1.165) is 61.2 Å². The maximum Gasteiger partial charge on any atom is 0.347 e. The van der Waals surface area contributed by atoms with Gasteiger partial charge in [-0.1, -0.05) is 4.98 Å². The second kappa shape index (κ2) is 6.45. The van der Waals surface area contributed by atoms with Crippen molar-refractivity contribution in [2.45, 2.75) is 44.2 Å². The van der Waals surface area contributed by atoms with Gasteiger partial charge in [0.2, 0.25) is 11.5 Å². The van der Waals surface area contributed by atoms with Crippen LogP contribution in [0.2, 0.25) is 0 Å². The Kier molecular flexibility index (Phi) is 3.93. The van der Waals surface area contributed by atoms with Gasteiger partial charge >= 0.3 is 5.95 Å². The Morgan fingerprint density at radius 3 is 2.96 bits per heavy atom. The van der Waals surface area contributed by atoms with Crippen LogP contribution in [0.15, 0.2) is 24.5 Å². The molecule has 1 saturated carbocycles. The van der Waals surface area contributed by atoms with Crippen LogP contribution in [0.1, 0.15) is 31.2 Å². The Morgan fingerprint density at radius 2 is 2.11 bits per heavy atom. The number of rotatable bonds is 3. The molecule has 27 heavy (non-hydrogen) atoms. The van der Waals surface area contributed by atoms with E-state index in [4.69, 9.17) is 5.73 Å². The molecule has 0 spiro atoms. The van der Waals surface area contributed by atoms with Crippen molar-refractivity contribution in [1.29, 1.82) is 0 Å². The summed E-state index contributed by atoms with van der Waals surface area (Å²) >= 11 is 0. The lowest BCUT2D eigenvalue weighted by atomic mass is 9.92. The first-order valence-corrected chi connectivity index (χ1v) is 9.52. The molecule has 0 amide bonds. The molecule has 1 fully saturated rings. The maximum atomic E-state index is 13.6. The van der Waals surface area contributed by atoms with E-state index in [1.807, 2.05) is 6.07 Å². The first-order valence-electron chi connectivity index (χ1n) is 9.52. The van der Waals surface area contributed by atoms with Crippen LogP contribution < -0.4 is 20.9 Å². The normalized spacial score (nSPS) is 22.2. The third-order valence-corrected chi connectivity index (χ3v) is 5.63. The maximum absolute atomic E-state index is 13.6. The molecular weight excluding hydrogens is 345 g/mol. The van der Waals surface area contributed by atoms with Crippen molar-refractivity contribution in [3.8, 4) is 0 Å². The van der Waals surface area contributed by atoms with Crippen molar-refractivity contribution < 1.29 is 9.37 Å². The minimum atomic E-state index is -0.196. The molecule has 5 rings (SSSR count). The lowest BCUT2D eigenvalue weighted by molar-refractivity contribution is -0.348. The molecule has 2 aliphatic rings. The molecule has 0 atom stereocenters. The fourth-order valence-electron chi connectivity index (χ4n) is 4.18. The fourth-order valence-corrected chi connectivity index (χ4v) is 4.18. The summed E-state index contributed by atoms with van der Waals surface area (Å²) in [6, 6.07) is 5.63. The van der Waals surface area contributed by atoms with Crippen LogP contribution >= 0.6 is 0 Å². The third kappa shape index (κ3) is 2.99. The van der Waals surface area contributed by atoms with Crippen molar-refractivity contribution in [3.05, 3.63) is 35.9 Å². The van der Waals surface area contributed by atoms with Crippen LogP contribution in [0.5, 0.6) is 0 Å². The second-order valence-electron chi connectivity index (χ2n) is 7.47. The van der Waals surface area contributed by atoms with Crippen LogP contribution in [-0.2, 0) is 6.42 Å². The summed E-state index contributed by atoms with van der Waals surface area (Å²) < 4.78 is 13.6. The van der Waals surface area contributed by atoms with Gasteiger partial charge < -0.3 is 10.7 Å². The molecular formula is C19H23FN7+. The van der Waals surface area contributed by atoms with E-state index < -0.39 is 0 Å². The highest BCUT2D eigenvalue weighted by Crippen LogP contribution is 2.35. The Balaban J connectivity index is 1.50. The summed E-state index contributed by atoms with van der Waals surface area (Å²) in [7, 11) is 0. The van der Waals surface area contributed by atoms with Gasteiger partial charge in [-0.25, -0.2) is 14.4 Å². The Bertz CT molecular complexity index is 977. The van der Waals surface area contributed by atoms with Gasteiger partial charge in [0.25, 0.3) is 0 Å². The smallest absolute Gasteiger partial charge is 0.337 e. The zero-order chi connectivity index (χ0) is 18.4. The number of hydrogen-bond donors (Lipinski definition) is 3. The summed E-state index contributed by atoms with van der Waals surface area (Å²) in [4.78, 5) is 17.8.